The SMILES string of the molecule is CC(C)(C)c1ccccc1NC(=O)C(=O)N1CCOC(C(=O)N[C@@H](CCC(=O)O)C(=O)COc2c(F)c(F)cc(F)c2F)C1. The summed E-state index contributed by atoms with van der Waals surface area (Å²) in [6, 6.07) is 5.30. The third-order valence-corrected chi connectivity index (χ3v) is 6.61. The Morgan fingerprint density at radius 1 is 1.07 bits per heavy atom. The van der Waals surface area contributed by atoms with Gasteiger partial charge in [-0.05, 0) is 23.5 Å². The third-order valence-electron chi connectivity index (χ3n) is 6.61. The quantitative estimate of drug-likeness (QED) is 0.207. The van der Waals surface area contributed by atoms with Crippen LogP contribution < -0.4 is 15.4 Å². The maximum absolute atomic E-state index is 13.9. The number of carbonyl (C=O) groups excluding carboxylic acids is 4. The summed E-state index contributed by atoms with van der Waals surface area (Å²) in [4.78, 5) is 63.6. The van der Waals surface area contributed by atoms with E-state index in [4.69, 9.17) is 9.84 Å². The molecule has 0 radical (unpaired) electrons. The van der Waals surface area contributed by atoms with Crippen molar-refractivity contribution in [3.05, 3.63) is 59.2 Å². The van der Waals surface area contributed by atoms with Gasteiger partial charge in [0.25, 0.3) is 5.91 Å². The molecule has 15 heteroatoms. The fourth-order valence-corrected chi connectivity index (χ4v) is 4.33. The maximum atomic E-state index is 13.9. The molecule has 11 nitrogen and oxygen atoms in total. The minimum Gasteiger partial charge on any atom is -0.481 e. The van der Waals surface area contributed by atoms with Gasteiger partial charge in [0.1, 0.15) is 6.61 Å². The van der Waals surface area contributed by atoms with Gasteiger partial charge in [0.05, 0.1) is 19.2 Å². The first kappa shape index (κ1) is 34.0. The fraction of sp³-hybridized carbons (Fsp3) is 0.414. The summed E-state index contributed by atoms with van der Waals surface area (Å²) >= 11 is 0. The Bertz CT molecular complexity index is 1420. The number of anilines is 1. The van der Waals surface area contributed by atoms with E-state index in [9.17, 15) is 41.5 Å². The molecule has 44 heavy (non-hydrogen) atoms. The minimum absolute atomic E-state index is 0.0342. The number of aliphatic carboxylic acids is 1. The van der Waals surface area contributed by atoms with Crippen molar-refractivity contribution in [2.24, 2.45) is 0 Å². The molecule has 0 spiro atoms. The van der Waals surface area contributed by atoms with Gasteiger partial charge in [-0.25, -0.2) is 8.78 Å². The van der Waals surface area contributed by atoms with Crippen molar-refractivity contribution >= 4 is 35.2 Å². The molecule has 2 atom stereocenters. The molecular formula is C29H31F4N3O8. The molecule has 238 valence electrons. The molecular weight excluding hydrogens is 594 g/mol. The number of carbonyl (C=O) groups is 5. The summed E-state index contributed by atoms with van der Waals surface area (Å²) in [5.74, 6) is -14.1. The topological polar surface area (TPSA) is 151 Å². The Balaban J connectivity index is 1.67. The Labute approximate surface area is 249 Å². The van der Waals surface area contributed by atoms with Gasteiger partial charge in [-0.2, -0.15) is 8.78 Å². The van der Waals surface area contributed by atoms with Gasteiger partial charge in [-0.3, -0.25) is 24.0 Å². The van der Waals surface area contributed by atoms with Crippen LogP contribution in [-0.2, 0) is 34.1 Å². The number of carboxylic acids is 1. The molecule has 2 aromatic carbocycles. The summed E-state index contributed by atoms with van der Waals surface area (Å²) in [7, 11) is 0. The second-order valence-corrected chi connectivity index (χ2v) is 10.9. The fourth-order valence-electron chi connectivity index (χ4n) is 4.33. The van der Waals surface area contributed by atoms with Gasteiger partial charge in [-0.15, -0.1) is 0 Å². The van der Waals surface area contributed by atoms with Crippen LogP contribution in [0.1, 0.15) is 39.2 Å². The summed E-state index contributed by atoms with van der Waals surface area (Å²) in [6.45, 7) is 4.03. The molecule has 0 bridgehead atoms. The standard InChI is InChI=1S/C29H31F4N3O8/c1-29(2,3)15-6-4-5-7-18(15)34-27(41)28(42)36-10-11-43-21(13-36)26(40)35-19(8-9-22(38)39)20(37)14-44-25-23(32)16(30)12-17(31)24(25)33/h4-7,12,19,21H,8-11,13-14H2,1-3H3,(H,34,41)(H,35,40)(H,38,39)/t19-,21?/m0/s1. The van der Waals surface area contributed by atoms with Crippen LogP contribution in [0.5, 0.6) is 5.75 Å². The number of ketones is 1. The second-order valence-electron chi connectivity index (χ2n) is 10.9. The van der Waals surface area contributed by atoms with Crippen molar-refractivity contribution in [2.75, 3.05) is 31.6 Å². The number of nitrogens with zero attached hydrogens (tertiary/aromatic N) is 1. The smallest absolute Gasteiger partial charge is 0.313 e. The van der Waals surface area contributed by atoms with Crippen molar-refractivity contribution in [1.82, 2.24) is 10.2 Å². The van der Waals surface area contributed by atoms with Crippen molar-refractivity contribution in [3.8, 4) is 5.75 Å². The lowest BCUT2D eigenvalue weighted by Crippen LogP contribution is -2.56. The van der Waals surface area contributed by atoms with Crippen LogP contribution in [-0.4, -0.2) is 77.9 Å². The number of para-hydroxylation sites is 1. The molecule has 3 N–H and O–H groups in total. The molecule has 0 saturated carbocycles. The van der Waals surface area contributed by atoms with Crippen LogP contribution in [0.4, 0.5) is 23.2 Å². The van der Waals surface area contributed by atoms with Gasteiger partial charge in [0, 0.05) is 24.7 Å². The number of carboxylic acid groups (broad SMARTS) is 1. The zero-order chi connectivity index (χ0) is 32.8. The van der Waals surface area contributed by atoms with Crippen molar-refractivity contribution in [2.45, 2.75) is 51.2 Å². The molecule has 1 fully saturated rings. The first-order chi connectivity index (χ1) is 20.6. The lowest BCUT2D eigenvalue weighted by Gasteiger charge is -2.32. The number of rotatable bonds is 10. The molecule has 1 saturated heterocycles. The third kappa shape index (κ3) is 8.52. The van der Waals surface area contributed by atoms with E-state index in [1.807, 2.05) is 26.8 Å². The maximum Gasteiger partial charge on any atom is 0.313 e. The molecule has 1 heterocycles. The van der Waals surface area contributed by atoms with E-state index in [2.05, 4.69) is 15.4 Å². The van der Waals surface area contributed by atoms with E-state index in [1.165, 1.54) is 0 Å². The number of nitrogens with one attached hydrogen (secondary N) is 2. The molecule has 0 aromatic heterocycles. The lowest BCUT2D eigenvalue weighted by atomic mass is 9.86. The Morgan fingerprint density at radius 2 is 1.70 bits per heavy atom. The van der Waals surface area contributed by atoms with Gasteiger partial charge >= 0.3 is 17.8 Å². The highest BCUT2D eigenvalue weighted by molar-refractivity contribution is 6.39. The number of hydrogen-bond donors (Lipinski definition) is 3. The van der Waals surface area contributed by atoms with Crippen molar-refractivity contribution in [1.29, 1.82) is 0 Å². The van der Waals surface area contributed by atoms with Crippen molar-refractivity contribution < 1.29 is 56.1 Å². The van der Waals surface area contributed by atoms with E-state index >= 15 is 0 Å². The molecule has 3 amide bonds. The average molecular weight is 626 g/mol. The largest absolute Gasteiger partial charge is 0.481 e. The molecule has 2 aromatic rings. The zero-order valence-corrected chi connectivity index (χ0v) is 24.0. The van der Waals surface area contributed by atoms with E-state index < -0.39 is 96.6 Å². The number of halogens is 4. The highest BCUT2D eigenvalue weighted by atomic mass is 19.2. The average Bonchev–Trinajstić information content (AvgIpc) is 2.97. The summed E-state index contributed by atoms with van der Waals surface area (Å²) < 4.78 is 64.8. The van der Waals surface area contributed by atoms with Crippen LogP contribution in [0.25, 0.3) is 0 Å². The number of amides is 3. The summed E-state index contributed by atoms with van der Waals surface area (Å²) in [5, 5.41) is 13.9. The number of Topliss-reactive ketones (excluding diaryl/α,β-unsaturated/α-hetero) is 1. The highest BCUT2D eigenvalue weighted by Gasteiger charge is 2.35. The zero-order valence-electron chi connectivity index (χ0n) is 24.0. The summed E-state index contributed by atoms with van der Waals surface area (Å²) in [6.07, 6.45) is -2.49. The number of morpholine rings is 1. The van der Waals surface area contributed by atoms with Crippen LogP contribution in [0.2, 0.25) is 0 Å². The predicted octanol–water partition coefficient (Wildman–Crippen LogP) is 2.70. The second kappa shape index (κ2) is 14.3. The van der Waals surface area contributed by atoms with Gasteiger partial charge in [0.2, 0.25) is 11.6 Å². The lowest BCUT2D eigenvalue weighted by molar-refractivity contribution is -0.153. The first-order valence-electron chi connectivity index (χ1n) is 13.4. The predicted molar refractivity (Wildman–Crippen MR) is 146 cm³/mol. The van der Waals surface area contributed by atoms with Gasteiger partial charge in [0.15, 0.2) is 29.3 Å². The molecule has 1 unspecified atom stereocenters. The van der Waals surface area contributed by atoms with E-state index in [-0.39, 0.29) is 24.6 Å². The molecule has 1 aliphatic rings. The first-order valence-corrected chi connectivity index (χ1v) is 13.4. The van der Waals surface area contributed by atoms with Crippen LogP contribution in [0.15, 0.2) is 30.3 Å². The van der Waals surface area contributed by atoms with Gasteiger partial charge < -0.3 is 30.1 Å². The molecule has 0 aliphatic carbocycles. The van der Waals surface area contributed by atoms with Crippen LogP contribution in [0.3, 0.4) is 0 Å². The molecule has 3 rings (SSSR count). The normalized spacial score (nSPS) is 15.7. The number of hydrogen-bond acceptors (Lipinski definition) is 7. The number of ether oxygens (including phenoxy) is 2. The van der Waals surface area contributed by atoms with E-state index in [1.54, 1.807) is 18.2 Å². The monoisotopic (exact) mass is 625 g/mol. The Morgan fingerprint density at radius 3 is 2.32 bits per heavy atom. The molecule has 1 aliphatic heterocycles. The summed E-state index contributed by atoms with van der Waals surface area (Å²) in [5.41, 5.74) is 0.878. The number of benzene rings is 2. The van der Waals surface area contributed by atoms with Gasteiger partial charge in [-0.1, -0.05) is 39.0 Å². The Hall–Kier alpha value is -4.53. The van der Waals surface area contributed by atoms with E-state index in [0.29, 0.717) is 5.69 Å². The van der Waals surface area contributed by atoms with Crippen LogP contribution in [0, 0.1) is 23.3 Å². The Kier molecular flexibility index (Phi) is 11.0. The van der Waals surface area contributed by atoms with E-state index in [0.717, 1.165) is 10.5 Å². The van der Waals surface area contributed by atoms with Crippen LogP contribution >= 0.6 is 0 Å². The minimum atomic E-state index is -1.89. The highest BCUT2D eigenvalue weighted by Crippen LogP contribution is 2.29. The van der Waals surface area contributed by atoms with Crippen molar-refractivity contribution in [3.63, 3.8) is 0 Å².